The fourth-order valence-corrected chi connectivity index (χ4v) is 13.7. The van der Waals surface area contributed by atoms with E-state index in [2.05, 4.69) is 72.4 Å². The Morgan fingerprint density at radius 2 is 0.569 bits per heavy atom. The first-order valence-electron chi connectivity index (χ1n) is 43.4. The quantitative estimate of drug-likeness (QED) is 0.0284. The maximum absolute atomic E-state index is 10.9. The van der Waals surface area contributed by atoms with Gasteiger partial charge in [0.05, 0.1) is 38.9 Å². The number of carboxylic acid groups (broad SMARTS) is 7. The molecule has 0 atom stereocenters. The number of aromatic nitrogens is 4. The predicted molar refractivity (Wildman–Crippen MR) is 520 cm³/mol. The highest BCUT2D eigenvalue weighted by Crippen LogP contribution is 2.30. The van der Waals surface area contributed by atoms with Gasteiger partial charge in [-0.25, -0.2) is 33.6 Å². The Balaban J connectivity index is 0.000000489. The Labute approximate surface area is 769 Å². The van der Waals surface area contributed by atoms with E-state index in [0.29, 0.717) is 79.9 Å². The summed E-state index contributed by atoms with van der Waals surface area (Å²) in [5, 5.41) is 90.6. The van der Waals surface area contributed by atoms with Crippen LogP contribution in [0.3, 0.4) is 0 Å². The van der Waals surface area contributed by atoms with E-state index in [4.69, 9.17) is 40.9 Å². The molecule has 130 heavy (non-hydrogen) atoms. The maximum Gasteiger partial charge on any atom is 0.380 e. The Morgan fingerprint density at radius 3 is 0.854 bits per heavy atom. The Hall–Kier alpha value is -12.9. The molecule has 0 saturated heterocycles. The zero-order valence-electron chi connectivity index (χ0n) is 80.1. The molecule has 1 aromatic heterocycles. The lowest BCUT2D eigenvalue weighted by Gasteiger charge is -2.10. The SMILES string of the molecule is CC(C)Cc1ccccc1C(=O)O.CC(C)Cc1ccccc1O.CC(C)Cc1ccccc1OS(N)(=O)=O.CC(C)c1ccccc1-c1nn[nH]n1.CC(C)c1ccccc1C(=O)O.Cc1ccc(C(C)C)c(C(=O)O)c1.Cc1ccc(C(C)C)c(C(=O)O)c1.Cc1ccc(C(C)C)c(C(=O)O)c1.Cc1ccc(C(C)C)c(C(=O)O)c1.Cc1ccc(C(C)C)c(C(=O)O)c1. The van der Waals surface area contributed by atoms with Crippen molar-refractivity contribution >= 4 is 52.1 Å². The summed E-state index contributed by atoms with van der Waals surface area (Å²) in [4.78, 5) is 75.9. The molecule has 11 N–H and O–H groups in total. The number of aromatic carboxylic acids is 7. The van der Waals surface area contributed by atoms with Crippen LogP contribution in [-0.4, -0.2) is 112 Å². The number of nitrogens with zero attached hydrogens (tertiary/aromatic N) is 3. The molecule has 23 nitrogen and oxygen atoms in total. The van der Waals surface area contributed by atoms with Crippen molar-refractivity contribution in [2.75, 3.05) is 0 Å². The van der Waals surface area contributed by atoms with Gasteiger partial charge in [-0.05, 0) is 229 Å². The van der Waals surface area contributed by atoms with Gasteiger partial charge in [0, 0.05) is 5.56 Å². The van der Waals surface area contributed by atoms with Crippen molar-refractivity contribution in [3.05, 3.63) is 335 Å². The number of H-pyrrole nitrogens is 1. The average molecular weight is 1800 g/mol. The minimum absolute atomic E-state index is 0.256. The first-order valence-corrected chi connectivity index (χ1v) is 44.9. The molecule has 0 amide bonds. The zero-order chi connectivity index (χ0) is 98.7. The molecule has 1 heterocycles. The van der Waals surface area contributed by atoms with Crippen LogP contribution in [0.4, 0.5) is 0 Å². The van der Waals surface area contributed by atoms with Crippen LogP contribution in [0, 0.1) is 52.4 Å². The number of nitrogens with two attached hydrogens (primary N) is 1. The fraction of sp³-hybridized carbons (Fsp3) is 0.358. The van der Waals surface area contributed by atoms with E-state index >= 15 is 0 Å². The minimum atomic E-state index is -3.94. The molecule has 24 heteroatoms. The van der Waals surface area contributed by atoms with Gasteiger partial charge in [0.25, 0.3) is 0 Å². The Bertz CT molecular complexity index is 5160. The van der Waals surface area contributed by atoms with Gasteiger partial charge in [-0.1, -0.05) is 324 Å². The Morgan fingerprint density at radius 1 is 0.315 bits per heavy atom. The van der Waals surface area contributed by atoms with Crippen LogP contribution >= 0.6 is 0 Å². The summed E-state index contributed by atoms with van der Waals surface area (Å²) in [6.07, 6.45) is 2.53. The number of rotatable bonds is 23. The van der Waals surface area contributed by atoms with Crippen molar-refractivity contribution in [3.63, 3.8) is 0 Å². The second-order valence-corrected chi connectivity index (χ2v) is 36.0. The highest BCUT2D eigenvalue weighted by atomic mass is 32.2. The molecule has 0 unspecified atom stereocenters. The number of benzene rings is 10. The van der Waals surface area contributed by atoms with Crippen molar-refractivity contribution in [3.8, 4) is 22.9 Å². The zero-order valence-corrected chi connectivity index (χ0v) is 80.9. The van der Waals surface area contributed by atoms with Gasteiger partial charge in [-0.3, -0.25) is 0 Å². The van der Waals surface area contributed by atoms with Gasteiger partial charge < -0.3 is 45.0 Å². The van der Waals surface area contributed by atoms with Crippen LogP contribution in [0.25, 0.3) is 11.4 Å². The summed E-state index contributed by atoms with van der Waals surface area (Å²) in [5.74, 6) is -0.976. The first-order chi connectivity index (χ1) is 60.7. The van der Waals surface area contributed by atoms with E-state index in [1.165, 1.54) is 5.56 Å². The summed E-state index contributed by atoms with van der Waals surface area (Å²) >= 11 is 0. The number of tetrazole rings is 1. The lowest BCUT2D eigenvalue weighted by atomic mass is 9.96. The highest BCUT2D eigenvalue weighted by Gasteiger charge is 2.20. The van der Waals surface area contributed by atoms with Gasteiger partial charge in [-0.15, -0.1) is 10.2 Å². The molecular weight excluding hydrogens is 1660 g/mol. The molecule has 0 fully saturated rings. The fourth-order valence-electron chi connectivity index (χ4n) is 13.3. The number of carboxylic acids is 7. The van der Waals surface area contributed by atoms with Gasteiger partial charge in [0.2, 0.25) is 5.82 Å². The van der Waals surface area contributed by atoms with E-state index in [9.17, 15) is 47.1 Å². The molecule has 0 radical (unpaired) electrons. The van der Waals surface area contributed by atoms with Gasteiger partial charge in [0.1, 0.15) is 11.5 Å². The van der Waals surface area contributed by atoms with Crippen LogP contribution in [0.5, 0.6) is 11.5 Å². The maximum atomic E-state index is 10.9. The number of carbonyl (C=O) groups is 7. The van der Waals surface area contributed by atoms with Crippen LogP contribution in [-0.2, 0) is 29.6 Å². The van der Waals surface area contributed by atoms with Crippen LogP contribution < -0.4 is 9.32 Å². The molecule has 11 rings (SSSR count). The molecule has 0 aliphatic carbocycles. The van der Waals surface area contributed by atoms with Crippen molar-refractivity contribution in [2.45, 2.75) is 234 Å². The van der Waals surface area contributed by atoms with Crippen LogP contribution in [0.15, 0.2) is 212 Å². The van der Waals surface area contributed by atoms with Crippen LogP contribution in [0.1, 0.15) is 336 Å². The molecule has 0 bridgehead atoms. The van der Waals surface area contributed by atoms with Crippen LogP contribution in [0.2, 0.25) is 0 Å². The number of hydrogen-bond acceptors (Lipinski definition) is 14. The highest BCUT2D eigenvalue weighted by molar-refractivity contribution is 7.84. The summed E-state index contributed by atoms with van der Waals surface area (Å²) in [6, 6.07) is 64.7. The number of aryl methyl sites for hydroxylation is 5. The second-order valence-electron chi connectivity index (χ2n) is 34.8. The minimum Gasteiger partial charge on any atom is -0.508 e. The van der Waals surface area contributed by atoms with Gasteiger partial charge >= 0.3 is 52.1 Å². The third kappa shape index (κ3) is 41.0. The molecule has 0 spiro atoms. The standard InChI is InChI=1S/6C11H14O2.C10H12N4.C10H15NO3S.C10H12O2.C10H14O/c5*1-7(2)9-5-4-8(3)6-10(9)11(12)13;1-8(2)7-9-5-3-4-6-10(9)11(12)13;1-7(2)8-5-3-4-6-9(8)10-11-13-14-12-10;1-8(2)7-9-5-3-4-6-10(9)14-15(11,12)13;1-7(2)8-5-3-4-6-9(8)10(11)12;1-8(2)7-9-5-3-4-6-10(9)11/h5*4-7H,1-3H3,(H,12,13);3-6,8H,7H2,1-2H3,(H,12,13);3-7H,1-2H3,(H,11,12,13,14);3-6,8H,7H2,1-2H3,(H2,11,12,13);3-7H,1-2H3,(H,11,12);3-6,8,11H,7H2,1-2H3. The lowest BCUT2D eigenvalue weighted by molar-refractivity contribution is 0.0684. The summed E-state index contributed by atoms with van der Waals surface area (Å²) < 4.78 is 26.3. The van der Waals surface area contributed by atoms with E-state index in [-0.39, 0.29) is 35.5 Å². The number of hydrogen-bond donors (Lipinski definition) is 10. The molecule has 0 aliphatic heterocycles. The third-order valence-corrected chi connectivity index (χ3v) is 20.0. The molecule has 10 aromatic carbocycles. The van der Waals surface area contributed by atoms with Crippen molar-refractivity contribution < 1.29 is 87.0 Å². The van der Waals surface area contributed by atoms with E-state index in [1.54, 1.807) is 72.8 Å². The second kappa shape index (κ2) is 56.4. The van der Waals surface area contributed by atoms with Crippen molar-refractivity contribution in [1.29, 1.82) is 0 Å². The molecule has 11 aromatic rings. The number of aromatic amines is 1. The van der Waals surface area contributed by atoms with Gasteiger partial charge in [0.15, 0.2) is 0 Å². The largest absolute Gasteiger partial charge is 0.508 e. The topological polar surface area (TPSA) is 405 Å². The molecule has 700 valence electrons. The van der Waals surface area contributed by atoms with Crippen molar-refractivity contribution in [2.24, 2.45) is 22.9 Å². The third-order valence-electron chi connectivity index (χ3n) is 19.6. The molecule has 0 aliphatic rings. The number of para-hydroxylation sites is 2. The smallest absolute Gasteiger partial charge is 0.380 e. The predicted octanol–water partition coefficient (Wildman–Crippen LogP) is 25.2. The van der Waals surface area contributed by atoms with Gasteiger partial charge in [-0.2, -0.15) is 18.8 Å². The number of phenols is 1. The average Bonchev–Trinajstić information content (AvgIpc) is 1.28. The van der Waals surface area contributed by atoms with E-state index < -0.39 is 52.1 Å². The number of nitrogens with one attached hydrogen (secondary N) is 1. The summed E-state index contributed by atoms with van der Waals surface area (Å²) in [5.41, 5.74) is 18.4. The normalized spacial score (nSPS) is 10.6. The monoisotopic (exact) mass is 1800 g/mol. The Kier molecular flexibility index (Phi) is 49.1. The lowest BCUT2D eigenvalue weighted by Crippen LogP contribution is -2.19. The van der Waals surface area contributed by atoms with E-state index in [1.807, 2.05) is 265 Å². The number of aromatic hydroxyl groups is 1. The number of phenolic OH excluding ortho intramolecular Hbond substituents is 1. The first kappa shape index (κ1) is 113. The summed E-state index contributed by atoms with van der Waals surface area (Å²) in [6.45, 7) is 50.3. The van der Waals surface area contributed by atoms with E-state index in [0.717, 1.165) is 103 Å². The molecule has 0 saturated carbocycles. The summed E-state index contributed by atoms with van der Waals surface area (Å²) in [7, 11) is -3.94. The molecular formula is C106H137N5O18S. The van der Waals surface area contributed by atoms with Crippen molar-refractivity contribution in [1.82, 2.24) is 20.6 Å².